The van der Waals surface area contributed by atoms with Crippen LogP contribution in [0.1, 0.15) is 0 Å². The summed E-state index contributed by atoms with van der Waals surface area (Å²) in [5, 5.41) is 2.16. The minimum atomic E-state index is -3.31. The number of nitrogens with zero attached hydrogens (tertiary/aromatic N) is 1. The summed E-state index contributed by atoms with van der Waals surface area (Å²) in [5.41, 5.74) is 0.818. The molecule has 1 unspecified atom stereocenters. The topological polar surface area (TPSA) is 58.6 Å². The van der Waals surface area contributed by atoms with Crippen molar-refractivity contribution < 1.29 is 12.4 Å². The molecule has 0 saturated carbocycles. The Hall–Kier alpha value is -1.52. The molecule has 1 aliphatic rings. The zero-order valence-corrected chi connectivity index (χ0v) is 10.5. The van der Waals surface area contributed by atoms with Gasteiger partial charge in [-0.1, -0.05) is 0 Å². The number of hydrogen-bond acceptors (Lipinski definition) is 5. The van der Waals surface area contributed by atoms with Gasteiger partial charge in [0, 0.05) is 0 Å². The van der Waals surface area contributed by atoms with Crippen LogP contribution in [0.25, 0.3) is 0 Å². The van der Waals surface area contributed by atoms with Gasteiger partial charge < -0.3 is 0 Å². The summed E-state index contributed by atoms with van der Waals surface area (Å²) in [5.74, 6) is 0.745. The standard InChI is InChI=1S/C10H12N2O3Se/c1-15-9-4-2-8(3-5-9)12-7-6-11-10(12)16(13)14/h2-7,10-11,16H,1H3. The number of ether oxygens (including phenoxy) is 1. The number of anilines is 1. The van der Waals surface area contributed by atoms with Crippen molar-refractivity contribution in [3.05, 3.63) is 36.7 Å². The molecule has 2 rings (SSSR count). The second-order valence-electron chi connectivity index (χ2n) is 3.25. The summed E-state index contributed by atoms with van der Waals surface area (Å²) in [7, 11) is 1.59. The van der Waals surface area contributed by atoms with Gasteiger partial charge in [-0.2, -0.15) is 0 Å². The van der Waals surface area contributed by atoms with Gasteiger partial charge in [-0.05, 0) is 0 Å². The van der Waals surface area contributed by atoms with Crippen molar-refractivity contribution >= 4 is 19.5 Å². The molecule has 1 heterocycles. The maximum absolute atomic E-state index is 11.1. The molecule has 1 aliphatic heterocycles. The van der Waals surface area contributed by atoms with Gasteiger partial charge >= 0.3 is 96.7 Å². The predicted octanol–water partition coefficient (Wildman–Crippen LogP) is 0.523. The van der Waals surface area contributed by atoms with E-state index >= 15 is 0 Å². The second-order valence-corrected chi connectivity index (χ2v) is 5.47. The van der Waals surface area contributed by atoms with Crippen LogP contribution >= 0.6 is 0 Å². The van der Waals surface area contributed by atoms with Crippen molar-refractivity contribution in [3.63, 3.8) is 0 Å². The van der Waals surface area contributed by atoms with E-state index in [0.717, 1.165) is 11.4 Å². The molecule has 0 aromatic heterocycles. The average molecular weight is 287 g/mol. The van der Waals surface area contributed by atoms with E-state index in [1.54, 1.807) is 36.5 Å². The van der Waals surface area contributed by atoms with Crippen LogP contribution in [-0.2, 0) is 7.67 Å². The van der Waals surface area contributed by atoms with Crippen molar-refractivity contribution in [1.29, 1.82) is 0 Å². The van der Waals surface area contributed by atoms with Crippen molar-refractivity contribution in [2.45, 2.75) is 5.06 Å². The Balaban J connectivity index is 2.26. The normalized spacial score (nSPS) is 18.9. The quantitative estimate of drug-likeness (QED) is 0.822. The second kappa shape index (κ2) is 4.55. The zero-order chi connectivity index (χ0) is 11.5. The monoisotopic (exact) mass is 288 g/mol. The van der Waals surface area contributed by atoms with Crippen molar-refractivity contribution in [2.24, 2.45) is 0 Å². The zero-order valence-electron chi connectivity index (χ0n) is 8.66. The molecule has 0 saturated heterocycles. The Morgan fingerprint density at radius 1 is 1.31 bits per heavy atom. The van der Waals surface area contributed by atoms with E-state index < -0.39 is 18.8 Å². The minimum absolute atomic E-state index is 0.624. The van der Waals surface area contributed by atoms with Crippen LogP contribution in [0.4, 0.5) is 5.69 Å². The SMILES string of the molecule is COc1ccc(N2C=CNC2[SeH](=O)=O)cc1. The third-order valence-corrected chi connectivity index (χ3v) is 3.99. The van der Waals surface area contributed by atoms with Gasteiger partial charge in [0.15, 0.2) is 0 Å². The third kappa shape index (κ3) is 2.03. The molecule has 16 heavy (non-hydrogen) atoms. The van der Waals surface area contributed by atoms with Crippen LogP contribution in [0.3, 0.4) is 0 Å². The Morgan fingerprint density at radius 2 is 2.00 bits per heavy atom. The first-order chi connectivity index (χ1) is 7.72. The number of nitrogens with one attached hydrogen (secondary N) is 1. The Morgan fingerprint density at radius 3 is 2.56 bits per heavy atom. The van der Waals surface area contributed by atoms with Gasteiger partial charge in [0.25, 0.3) is 0 Å². The summed E-state index contributed by atoms with van der Waals surface area (Å²) >= 11 is -3.31. The molecule has 5 nitrogen and oxygen atoms in total. The molecule has 1 aromatic rings. The first kappa shape index (κ1) is 11.0. The van der Waals surface area contributed by atoms with Gasteiger partial charge in [-0.3, -0.25) is 0 Å². The number of methoxy groups -OCH3 is 1. The molecule has 86 valence electrons. The molecule has 6 heteroatoms. The Labute approximate surface area is 97.0 Å². The fraction of sp³-hybridized carbons (Fsp3) is 0.200. The molecule has 0 radical (unpaired) electrons. The average Bonchev–Trinajstić information content (AvgIpc) is 2.78. The number of benzene rings is 1. The first-order valence-electron chi connectivity index (χ1n) is 4.71. The van der Waals surface area contributed by atoms with Crippen LogP contribution in [-0.4, -0.2) is 25.9 Å². The van der Waals surface area contributed by atoms with Crippen molar-refractivity contribution in [3.8, 4) is 5.75 Å². The van der Waals surface area contributed by atoms with E-state index in [4.69, 9.17) is 4.74 Å². The summed E-state index contributed by atoms with van der Waals surface area (Å²) in [6.07, 6.45) is 3.34. The van der Waals surface area contributed by atoms with Gasteiger partial charge in [-0.15, -0.1) is 0 Å². The van der Waals surface area contributed by atoms with E-state index in [-0.39, 0.29) is 0 Å². The molecule has 1 atom stereocenters. The molecule has 0 bridgehead atoms. The van der Waals surface area contributed by atoms with Gasteiger partial charge in [0.2, 0.25) is 0 Å². The Bertz CT molecular complexity index is 459. The summed E-state index contributed by atoms with van der Waals surface area (Å²) in [6, 6.07) is 7.24. The fourth-order valence-corrected chi connectivity index (χ4v) is 2.82. The predicted molar refractivity (Wildman–Crippen MR) is 60.1 cm³/mol. The molecule has 0 aliphatic carbocycles. The molecular formula is C10H12N2O3Se. The van der Waals surface area contributed by atoms with Crippen molar-refractivity contribution in [2.75, 3.05) is 12.0 Å². The van der Waals surface area contributed by atoms with Gasteiger partial charge in [-0.25, -0.2) is 0 Å². The molecule has 0 spiro atoms. The fourth-order valence-electron chi connectivity index (χ4n) is 1.52. The van der Waals surface area contributed by atoms with E-state index in [9.17, 15) is 7.67 Å². The van der Waals surface area contributed by atoms with Crippen LogP contribution in [0.2, 0.25) is 0 Å². The van der Waals surface area contributed by atoms with Gasteiger partial charge in [0.1, 0.15) is 0 Å². The van der Waals surface area contributed by atoms with Crippen LogP contribution in [0.15, 0.2) is 36.7 Å². The first-order valence-corrected chi connectivity index (χ1v) is 7.32. The maximum atomic E-state index is 11.1. The van der Waals surface area contributed by atoms with E-state index in [2.05, 4.69) is 5.32 Å². The van der Waals surface area contributed by atoms with E-state index in [1.165, 1.54) is 0 Å². The Kier molecular flexibility index (Phi) is 3.12. The summed E-state index contributed by atoms with van der Waals surface area (Å²) in [6.45, 7) is 0. The van der Waals surface area contributed by atoms with Crippen LogP contribution < -0.4 is 15.0 Å². The number of hydrogen-bond donors (Lipinski definition) is 1. The molecule has 1 N–H and O–H groups in total. The van der Waals surface area contributed by atoms with Crippen LogP contribution in [0.5, 0.6) is 5.75 Å². The molecule has 1 aromatic carbocycles. The third-order valence-electron chi connectivity index (χ3n) is 2.31. The van der Waals surface area contributed by atoms with Crippen LogP contribution in [0, 0.1) is 0 Å². The van der Waals surface area contributed by atoms with Gasteiger partial charge in [0.05, 0.1) is 0 Å². The summed E-state index contributed by atoms with van der Waals surface area (Å²) < 4.78 is 27.2. The molecule has 0 fully saturated rings. The number of rotatable bonds is 3. The van der Waals surface area contributed by atoms with Crippen molar-refractivity contribution in [1.82, 2.24) is 5.32 Å². The summed E-state index contributed by atoms with van der Waals surface area (Å²) in [4.78, 5) is 1.68. The molecule has 0 amide bonds. The van der Waals surface area contributed by atoms with E-state index in [1.807, 2.05) is 12.1 Å². The van der Waals surface area contributed by atoms with E-state index in [0.29, 0.717) is 0 Å². The molecular weight excluding hydrogens is 275 g/mol.